The fourth-order valence-electron chi connectivity index (χ4n) is 3.29. The number of aliphatic carboxylic acids is 2. The zero-order chi connectivity index (χ0) is 28.0. The van der Waals surface area contributed by atoms with Crippen molar-refractivity contribution < 1.29 is 34.2 Å². The highest BCUT2D eigenvalue weighted by molar-refractivity contribution is 5.95. The molecule has 0 aliphatic heterocycles. The number of guanidine groups is 1. The predicted molar refractivity (Wildman–Crippen MR) is 132 cm³/mol. The van der Waals surface area contributed by atoms with E-state index >= 15 is 0 Å². The van der Waals surface area contributed by atoms with Gasteiger partial charge in [0.05, 0.1) is 12.5 Å². The number of nitrogens with one attached hydrogen (secondary N) is 3. The van der Waals surface area contributed by atoms with E-state index in [1.165, 1.54) is 0 Å². The molecule has 0 radical (unpaired) electrons. The Kier molecular flexibility index (Phi) is 14.7. The van der Waals surface area contributed by atoms with Crippen molar-refractivity contribution in [2.75, 3.05) is 6.54 Å². The van der Waals surface area contributed by atoms with Crippen LogP contribution in [-0.2, 0) is 24.0 Å². The number of rotatable bonds is 17. The molecule has 4 unspecified atom stereocenters. The van der Waals surface area contributed by atoms with Crippen LogP contribution in [0.1, 0.15) is 59.8 Å². The number of carbonyl (C=O) groups is 5. The minimum Gasteiger partial charge on any atom is -0.481 e. The van der Waals surface area contributed by atoms with Crippen LogP contribution in [0.3, 0.4) is 0 Å². The first-order valence-electron chi connectivity index (χ1n) is 11.8. The molecular formula is C22H41N7O7. The second kappa shape index (κ2) is 16.3. The summed E-state index contributed by atoms with van der Waals surface area (Å²) in [5.41, 5.74) is 16.4. The lowest BCUT2D eigenvalue weighted by Crippen LogP contribution is -2.57. The number of hydrogen-bond acceptors (Lipinski definition) is 7. The molecule has 14 nitrogen and oxygen atoms in total. The van der Waals surface area contributed by atoms with Crippen molar-refractivity contribution in [2.24, 2.45) is 34.0 Å². The summed E-state index contributed by atoms with van der Waals surface area (Å²) in [7, 11) is 0. The first kappa shape index (κ1) is 32.6. The van der Waals surface area contributed by atoms with Gasteiger partial charge in [-0.15, -0.1) is 0 Å². The van der Waals surface area contributed by atoms with Crippen molar-refractivity contribution >= 4 is 35.6 Å². The van der Waals surface area contributed by atoms with Crippen molar-refractivity contribution in [1.82, 2.24) is 16.0 Å². The lowest BCUT2D eigenvalue weighted by Gasteiger charge is -2.25. The number of hydrogen-bond donors (Lipinski definition) is 8. The Balaban J connectivity index is 5.66. The zero-order valence-electron chi connectivity index (χ0n) is 21.3. The van der Waals surface area contributed by atoms with Crippen molar-refractivity contribution in [3.05, 3.63) is 0 Å². The number of amides is 3. The van der Waals surface area contributed by atoms with Gasteiger partial charge < -0.3 is 43.4 Å². The summed E-state index contributed by atoms with van der Waals surface area (Å²) in [6, 6.07) is -4.90. The number of nitrogens with two attached hydrogens (primary N) is 3. The molecule has 0 fully saturated rings. The third-order valence-electron chi connectivity index (χ3n) is 4.97. The minimum atomic E-state index is -1.51. The Labute approximate surface area is 210 Å². The maximum atomic E-state index is 12.9. The van der Waals surface area contributed by atoms with Crippen LogP contribution in [0.5, 0.6) is 0 Å². The highest BCUT2D eigenvalue weighted by Crippen LogP contribution is 2.08. The summed E-state index contributed by atoms with van der Waals surface area (Å²) in [6.07, 6.45) is -0.0214. The van der Waals surface area contributed by atoms with E-state index in [1.807, 2.05) is 13.8 Å². The first-order valence-corrected chi connectivity index (χ1v) is 11.8. The first-order chi connectivity index (χ1) is 16.6. The Morgan fingerprint density at radius 3 is 1.75 bits per heavy atom. The molecule has 0 aromatic heterocycles. The van der Waals surface area contributed by atoms with Crippen molar-refractivity contribution in [1.29, 1.82) is 0 Å². The molecule has 0 bridgehead atoms. The van der Waals surface area contributed by atoms with Crippen molar-refractivity contribution in [3.8, 4) is 0 Å². The number of carboxylic acid groups (broad SMARTS) is 2. The van der Waals surface area contributed by atoms with E-state index in [2.05, 4.69) is 20.9 Å². The minimum absolute atomic E-state index is 0.0168. The summed E-state index contributed by atoms with van der Waals surface area (Å²) < 4.78 is 0. The largest absolute Gasteiger partial charge is 0.481 e. The molecule has 4 atom stereocenters. The molecule has 0 aliphatic rings. The standard InChI is InChI=1S/C22H41N7O7/c1-11(2)8-13(23)18(32)28-15(10-17(30)31)20(34)27-14(6-5-7-26-22(24)25)19(33)29-16(21(35)36)9-12(3)4/h11-16H,5-10,23H2,1-4H3,(H,27,34)(H,28,32)(H,29,33)(H,30,31)(H,35,36)(H4,24,25,26). The molecule has 0 rings (SSSR count). The molecule has 0 heterocycles. The molecule has 36 heavy (non-hydrogen) atoms. The third kappa shape index (κ3) is 14.1. The van der Waals surface area contributed by atoms with Gasteiger partial charge in [0.1, 0.15) is 18.1 Å². The van der Waals surface area contributed by atoms with Gasteiger partial charge in [0, 0.05) is 6.54 Å². The number of carbonyl (C=O) groups excluding carboxylic acids is 3. The van der Waals surface area contributed by atoms with Gasteiger partial charge >= 0.3 is 11.9 Å². The SMILES string of the molecule is CC(C)CC(N)C(=O)NC(CC(=O)O)C(=O)NC(CCCN=C(N)N)C(=O)NC(CC(C)C)C(=O)O. The van der Waals surface area contributed by atoms with Crippen LogP contribution in [0.2, 0.25) is 0 Å². The highest BCUT2D eigenvalue weighted by atomic mass is 16.4. The molecule has 0 spiro atoms. The molecule has 0 aromatic rings. The second-order valence-electron chi connectivity index (χ2n) is 9.43. The quantitative estimate of drug-likeness (QED) is 0.0630. The van der Waals surface area contributed by atoms with Gasteiger partial charge in [0.15, 0.2) is 5.96 Å². The number of aliphatic imine (C=N–C) groups is 1. The molecule has 14 heteroatoms. The molecule has 0 aromatic carbocycles. The van der Waals surface area contributed by atoms with E-state index in [1.54, 1.807) is 13.8 Å². The Morgan fingerprint density at radius 2 is 1.28 bits per heavy atom. The highest BCUT2D eigenvalue weighted by Gasteiger charge is 2.31. The summed E-state index contributed by atoms with van der Waals surface area (Å²) in [5, 5.41) is 25.8. The average molecular weight is 516 g/mol. The van der Waals surface area contributed by atoms with Crippen LogP contribution < -0.4 is 33.2 Å². The van der Waals surface area contributed by atoms with Crippen LogP contribution in [0.15, 0.2) is 4.99 Å². The third-order valence-corrected chi connectivity index (χ3v) is 4.97. The van der Waals surface area contributed by atoms with E-state index in [0.717, 1.165) is 0 Å². The monoisotopic (exact) mass is 515 g/mol. The van der Waals surface area contributed by atoms with Crippen LogP contribution in [0.25, 0.3) is 0 Å². The van der Waals surface area contributed by atoms with E-state index in [-0.39, 0.29) is 43.6 Å². The van der Waals surface area contributed by atoms with Crippen LogP contribution in [-0.4, -0.2) is 76.5 Å². The van der Waals surface area contributed by atoms with Crippen molar-refractivity contribution in [2.45, 2.75) is 84.0 Å². The smallest absolute Gasteiger partial charge is 0.326 e. The molecule has 206 valence electrons. The van der Waals surface area contributed by atoms with Crippen LogP contribution in [0, 0.1) is 11.8 Å². The summed E-state index contributed by atoms with van der Waals surface area (Å²) in [6.45, 7) is 7.42. The lowest BCUT2D eigenvalue weighted by atomic mass is 10.0. The van der Waals surface area contributed by atoms with E-state index in [9.17, 15) is 34.2 Å². The molecule has 11 N–H and O–H groups in total. The summed E-state index contributed by atoms with van der Waals surface area (Å²) >= 11 is 0. The average Bonchev–Trinajstić information content (AvgIpc) is 2.73. The summed E-state index contributed by atoms with van der Waals surface area (Å²) in [4.78, 5) is 64.9. The molecule has 0 saturated heterocycles. The predicted octanol–water partition coefficient (Wildman–Crippen LogP) is -1.53. The molecule has 0 aliphatic carbocycles. The number of nitrogens with zero attached hydrogens (tertiary/aromatic N) is 1. The zero-order valence-corrected chi connectivity index (χ0v) is 21.3. The van der Waals surface area contributed by atoms with E-state index in [0.29, 0.717) is 6.42 Å². The molecule has 3 amide bonds. The van der Waals surface area contributed by atoms with Gasteiger partial charge in [-0.05, 0) is 37.5 Å². The Morgan fingerprint density at radius 1 is 0.778 bits per heavy atom. The van der Waals surface area contributed by atoms with Gasteiger partial charge in [0.25, 0.3) is 0 Å². The van der Waals surface area contributed by atoms with Gasteiger partial charge in [-0.2, -0.15) is 0 Å². The number of carboxylic acids is 2. The normalized spacial score (nSPS) is 14.3. The maximum Gasteiger partial charge on any atom is 0.326 e. The fraction of sp³-hybridized carbons (Fsp3) is 0.727. The lowest BCUT2D eigenvalue weighted by molar-refractivity contribution is -0.143. The summed E-state index contributed by atoms with van der Waals surface area (Å²) in [5.74, 6) is -5.12. The van der Waals surface area contributed by atoms with Crippen molar-refractivity contribution in [3.63, 3.8) is 0 Å². The van der Waals surface area contributed by atoms with Crippen LogP contribution in [0.4, 0.5) is 0 Å². The fourth-order valence-corrected chi connectivity index (χ4v) is 3.29. The topological polar surface area (TPSA) is 252 Å². The van der Waals surface area contributed by atoms with Gasteiger partial charge in [0.2, 0.25) is 17.7 Å². The van der Waals surface area contributed by atoms with Gasteiger partial charge in [-0.1, -0.05) is 27.7 Å². The Bertz CT molecular complexity index is 798. The second-order valence-corrected chi connectivity index (χ2v) is 9.43. The van der Waals surface area contributed by atoms with Gasteiger partial charge in [-0.3, -0.25) is 24.2 Å². The van der Waals surface area contributed by atoms with Gasteiger partial charge in [-0.25, -0.2) is 4.79 Å². The molecular weight excluding hydrogens is 474 g/mol. The maximum absolute atomic E-state index is 12.9. The Hall–Kier alpha value is -3.42. The van der Waals surface area contributed by atoms with E-state index in [4.69, 9.17) is 17.2 Å². The molecule has 0 saturated carbocycles. The van der Waals surface area contributed by atoms with E-state index < -0.39 is 60.2 Å². The van der Waals surface area contributed by atoms with Crippen LogP contribution >= 0.6 is 0 Å².